The van der Waals surface area contributed by atoms with Crippen LogP contribution >= 0.6 is 15.9 Å². The number of carbonyl (C=O) groups is 2. The van der Waals surface area contributed by atoms with Crippen LogP contribution in [0.1, 0.15) is 56.0 Å². The average Bonchev–Trinajstić information content (AvgIpc) is 2.83. The summed E-state index contributed by atoms with van der Waals surface area (Å²) in [5, 5.41) is 12.6. The van der Waals surface area contributed by atoms with E-state index in [2.05, 4.69) is 21.2 Å². The Kier molecular flexibility index (Phi) is 8.88. The molecule has 0 spiro atoms. The van der Waals surface area contributed by atoms with Gasteiger partial charge in [0.15, 0.2) is 0 Å². The van der Waals surface area contributed by atoms with Gasteiger partial charge in [-0.1, -0.05) is 70.5 Å². The van der Waals surface area contributed by atoms with Gasteiger partial charge in [-0.25, -0.2) is 0 Å². The first-order chi connectivity index (χ1) is 16.3. The Bertz CT molecular complexity index is 1080. The molecule has 0 fully saturated rings. The number of nitrogens with one attached hydrogen (secondary N) is 1. The first kappa shape index (κ1) is 25.5. The molecule has 6 heteroatoms. The lowest BCUT2D eigenvalue weighted by molar-refractivity contribution is -0.143. The van der Waals surface area contributed by atoms with Gasteiger partial charge in [-0.2, -0.15) is 0 Å². The molecule has 0 heterocycles. The number of hydrogen-bond donors (Lipinski definition) is 2. The summed E-state index contributed by atoms with van der Waals surface area (Å²) in [6.07, 6.45) is 0.787. The van der Waals surface area contributed by atoms with E-state index in [0.717, 1.165) is 21.2 Å². The highest BCUT2D eigenvalue weighted by Gasteiger charge is 2.33. The van der Waals surface area contributed by atoms with Crippen molar-refractivity contribution in [2.75, 3.05) is 0 Å². The summed E-state index contributed by atoms with van der Waals surface area (Å²) in [6.45, 7) is 5.80. The second kappa shape index (κ2) is 11.8. The van der Waals surface area contributed by atoms with Crippen LogP contribution in [0.2, 0.25) is 0 Å². The molecule has 2 N–H and O–H groups in total. The number of aryl methyl sites for hydroxylation is 1. The molecular formula is C28H31BrN2O3. The maximum atomic E-state index is 13.6. The predicted octanol–water partition coefficient (Wildman–Crippen LogP) is 5.94. The van der Waals surface area contributed by atoms with Crippen LogP contribution in [0.25, 0.3) is 0 Å². The van der Waals surface area contributed by atoms with Gasteiger partial charge in [0.2, 0.25) is 11.8 Å². The lowest BCUT2D eigenvalue weighted by Crippen LogP contribution is -2.47. The van der Waals surface area contributed by atoms with Gasteiger partial charge in [-0.3, -0.25) is 9.59 Å². The summed E-state index contributed by atoms with van der Waals surface area (Å²) in [6, 6.07) is 23.0. The fourth-order valence-corrected chi connectivity index (χ4v) is 4.24. The van der Waals surface area contributed by atoms with Gasteiger partial charge in [0, 0.05) is 16.9 Å². The molecule has 5 nitrogen and oxygen atoms in total. The van der Waals surface area contributed by atoms with Crippen molar-refractivity contribution in [1.29, 1.82) is 0 Å². The van der Waals surface area contributed by atoms with Gasteiger partial charge in [0.1, 0.15) is 11.8 Å². The highest BCUT2D eigenvalue weighted by molar-refractivity contribution is 9.10. The molecule has 2 unspecified atom stereocenters. The summed E-state index contributed by atoms with van der Waals surface area (Å²) in [7, 11) is 0. The smallest absolute Gasteiger partial charge is 0.247 e. The molecule has 3 aromatic carbocycles. The van der Waals surface area contributed by atoms with Gasteiger partial charge in [-0.05, 0) is 68.1 Å². The zero-order chi connectivity index (χ0) is 24.7. The van der Waals surface area contributed by atoms with Crippen LogP contribution in [0, 0.1) is 0 Å². The van der Waals surface area contributed by atoms with Crippen molar-refractivity contribution in [2.24, 2.45) is 0 Å². The third-order valence-corrected chi connectivity index (χ3v) is 6.31. The minimum absolute atomic E-state index is 0.0986. The quantitative estimate of drug-likeness (QED) is 0.365. The van der Waals surface area contributed by atoms with Crippen LogP contribution in [0.4, 0.5) is 0 Å². The molecule has 34 heavy (non-hydrogen) atoms. The first-order valence-electron chi connectivity index (χ1n) is 11.5. The fourth-order valence-electron chi connectivity index (χ4n) is 3.97. The number of carbonyl (C=O) groups excluding carboxylic acids is 2. The van der Waals surface area contributed by atoms with E-state index < -0.39 is 6.04 Å². The maximum Gasteiger partial charge on any atom is 0.247 e. The summed E-state index contributed by atoms with van der Waals surface area (Å²) >= 11 is 3.45. The molecule has 2 amide bonds. The van der Waals surface area contributed by atoms with Crippen molar-refractivity contribution >= 4 is 27.7 Å². The van der Waals surface area contributed by atoms with E-state index in [-0.39, 0.29) is 36.1 Å². The van der Waals surface area contributed by atoms with Crippen LogP contribution in [-0.2, 0) is 16.0 Å². The Morgan fingerprint density at radius 2 is 1.50 bits per heavy atom. The molecule has 0 aliphatic carbocycles. The van der Waals surface area contributed by atoms with E-state index in [9.17, 15) is 14.7 Å². The fraction of sp³-hybridized carbons (Fsp3) is 0.286. The van der Waals surface area contributed by atoms with Crippen molar-refractivity contribution in [1.82, 2.24) is 10.2 Å². The number of phenols is 1. The molecule has 0 saturated heterocycles. The minimum atomic E-state index is -0.758. The third-order valence-electron chi connectivity index (χ3n) is 5.78. The monoisotopic (exact) mass is 522 g/mol. The van der Waals surface area contributed by atoms with Gasteiger partial charge in [0.05, 0.1) is 6.04 Å². The molecule has 0 aliphatic heterocycles. The van der Waals surface area contributed by atoms with Crippen LogP contribution in [0.5, 0.6) is 5.75 Å². The van der Waals surface area contributed by atoms with Crippen molar-refractivity contribution in [3.63, 3.8) is 0 Å². The standard InChI is InChI=1S/C28H31BrN2O3/c1-19(2)31(26(33)18-11-21-9-16-25(32)17-10-21)27(23-12-14-24(29)15-13-23)28(34)30-20(3)22-7-5-4-6-8-22/h4-10,12-17,19-20,27,32H,11,18H2,1-3H3,(H,30,34). The number of rotatable bonds is 9. The molecule has 3 rings (SSSR count). The topological polar surface area (TPSA) is 69.6 Å². The second-order valence-corrected chi connectivity index (χ2v) is 9.57. The maximum absolute atomic E-state index is 13.6. The van der Waals surface area contributed by atoms with Crippen molar-refractivity contribution in [3.8, 4) is 5.75 Å². The lowest BCUT2D eigenvalue weighted by Gasteiger charge is -2.35. The summed E-state index contributed by atoms with van der Waals surface area (Å²) in [5.74, 6) is -0.123. The highest BCUT2D eigenvalue weighted by atomic mass is 79.9. The zero-order valence-corrected chi connectivity index (χ0v) is 21.3. The number of amides is 2. The van der Waals surface area contributed by atoms with E-state index in [0.29, 0.717) is 6.42 Å². The van der Waals surface area contributed by atoms with Gasteiger partial charge >= 0.3 is 0 Å². The molecule has 178 valence electrons. The lowest BCUT2D eigenvalue weighted by atomic mass is 10.00. The van der Waals surface area contributed by atoms with Gasteiger partial charge in [-0.15, -0.1) is 0 Å². The molecule has 0 aromatic heterocycles. The van der Waals surface area contributed by atoms with Crippen LogP contribution in [0.15, 0.2) is 83.3 Å². The normalized spacial score (nSPS) is 12.7. The number of phenolic OH excluding ortho intramolecular Hbond substituents is 1. The van der Waals surface area contributed by atoms with E-state index in [1.54, 1.807) is 17.0 Å². The summed E-state index contributed by atoms with van der Waals surface area (Å²) in [5.41, 5.74) is 2.71. The van der Waals surface area contributed by atoms with Crippen molar-refractivity contribution < 1.29 is 14.7 Å². The Morgan fingerprint density at radius 1 is 0.882 bits per heavy atom. The van der Waals surface area contributed by atoms with E-state index in [1.165, 1.54) is 0 Å². The Hall–Kier alpha value is -3.12. The molecule has 2 atom stereocenters. The highest BCUT2D eigenvalue weighted by Crippen LogP contribution is 2.28. The van der Waals surface area contributed by atoms with Crippen LogP contribution < -0.4 is 5.32 Å². The second-order valence-electron chi connectivity index (χ2n) is 8.66. The molecule has 0 saturated carbocycles. The molecule has 0 aliphatic rings. The average molecular weight is 523 g/mol. The van der Waals surface area contributed by atoms with Crippen molar-refractivity contribution in [2.45, 2.75) is 51.7 Å². The van der Waals surface area contributed by atoms with Crippen LogP contribution in [0.3, 0.4) is 0 Å². The van der Waals surface area contributed by atoms with E-state index in [4.69, 9.17) is 0 Å². The van der Waals surface area contributed by atoms with Crippen molar-refractivity contribution in [3.05, 3.63) is 100 Å². The van der Waals surface area contributed by atoms with E-state index in [1.807, 2.05) is 87.5 Å². The number of aromatic hydroxyl groups is 1. The van der Waals surface area contributed by atoms with Crippen LogP contribution in [-0.4, -0.2) is 27.9 Å². The third kappa shape index (κ3) is 6.70. The molecule has 0 bridgehead atoms. The van der Waals surface area contributed by atoms with E-state index >= 15 is 0 Å². The number of hydrogen-bond acceptors (Lipinski definition) is 3. The zero-order valence-electron chi connectivity index (χ0n) is 19.7. The first-order valence-corrected chi connectivity index (χ1v) is 12.3. The minimum Gasteiger partial charge on any atom is -0.508 e. The number of benzene rings is 3. The Balaban J connectivity index is 1.86. The number of halogens is 1. The largest absolute Gasteiger partial charge is 0.508 e. The molecule has 0 radical (unpaired) electrons. The predicted molar refractivity (Wildman–Crippen MR) is 138 cm³/mol. The molecular weight excluding hydrogens is 492 g/mol. The Morgan fingerprint density at radius 3 is 2.09 bits per heavy atom. The molecule has 3 aromatic rings. The summed E-state index contributed by atoms with van der Waals surface area (Å²) < 4.78 is 0.905. The van der Waals surface area contributed by atoms with Gasteiger partial charge in [0.25, 0.3) is 0 Å². The van der Waals surface area contributed by atoms with Gasteiger partial charge < -0.3 is 15.3 Å². The SMILES string of the molecule is CC(NC(=O)C(c1ccc(Br)cc1)N(C(=O)CCc1ccc(O)cc1)C(C)C)c1ccccc1. The Labute approximate surface area is 209 Å². The number of nitrogens with zero attached hydrogens (tertiary/aromatic N) is 1. The summed E-state index contributed by atoms with van der Waals surface area (Å²) in [4.78, 5) is 28.8.